The van der Waals surface area contributed by atoms with Crippen molar-refractivity contribution >= 4 is 38.7 Å². The Morgan fingerprint density at radius 1 is 1.16 bits per heavy atom. The second kappa shape index (κ2) is 8.51. The van der Waals surface area contributed by atoms with Gasteiger partial charge in [-0.25, -0.2) is 15.0 Å². The molecule has 32 heavy (non-hydrogen) atoms. The van der Waals surface area contributed by atoms with E-state index in [0.717, 1.165) is 33.9 Å². The number of hydrogen-bond donors (Lipinski definition) is 4. The average Bonchev–Trinajstić information content (AvgIpc) is 3.43. The van der Waals surface area contributed by atoms with Crippen LogP contribution in [-0.2, 0) is 0 Å². The van der Waals surface area contributed by atoms with E-state index in [0.29, 0.717) is 35.7 Å². The first kappa shape index (κ1) is 20.9. The molecule has 1 aliphatic rings. The van der Waals surface area contributed by atoms with Gasteiger partial charge < -0.3 is 10.2 Å². The van der Waals surface area contributed by atoms with Crippen LogP contribution in [0, 0.1) is 6.92 Å². The van der Waals surface area contributed by atoms with Gasteiger partial charge in [0.15, 0.2) is 5.13 Å². The van der Waals surface area contributed by atoms with Crippen LogP contribution in [0.25, 0.3) is 22.5 Å². The SMILES string of the molecule is Cc1ccnc(Nc2nc(-c3c[nH]nc3-c3cccc(N4CCS(O)(O)CC4)c3)cs2)n1. The van der Waals surface area contributed by atoms with Gasteiger partial charge in [-0.05, 0) is 25.1 Å². The molecule has 9 nitrogen and oxygen atoms in total. The number of rotatable bonds is 5. The number of hydrogen-bond acceptors (Lipinski definition) is 9. The number of benzene rings is 1. The zero-order valence-electron chi connectivity index (χ0n) is 17.4. The van der Waals surface area contributed by atoms with Crippen LogP contribution >= 0.6 is 21.9 Å². The molecule has 0 radical (unpaired) electrons. The molecule has 1 saturated heterocycles. The summed E-state index contributed by atoms with van der Waals surface area (Å²) in [5.74, 6) is 1.33. The van der Waals surface area contributed by atoms with Gasteiger partial charge in [-0.15, -0.1) is 11.3 Å². The number of aromatic nitrogens is 5. The molecular weight excluding hydrogens is 446 g/mol. The number of nitrogens with zero attached hydrogens (tertiary/aromatic N) is 5. The van der Waals surface area contributed by atoms with Crippen LogP contribution in [0.5, 0.6) is 0 Å². The van der Waals surface area contributed by atoms with Crippen molar-refractivity contribution in [1.29, 1.82) is 0 Å². The second-order valence-electron chi connectivity index (χ2n) is 7.58. The quantitative estimate of drug-likeness (QED) is 0.334. The molecule has 0 unspecified atom stereocenters. The average molecular weight is 470 g/mol. The minimum absolute atomic E-state index is 0.407. The summed E-state index contributed by atoms with van der Waals surface area (Å²) in [5, 5.41) is 13.3. The van der Waals surface area contributed by atoms with E-state index in [-0.39, 0.29) is 0 Å². The summed E-state index contributed by atoms with van der Waals surface area (Å²) in [6.07, 6.45) is 3.56. The molecule has 0 atom stereocenters. The third kappa shape index (κ3) is 4.46. The molecule has 0 spiro atoms. The summed E-state index contributed by atoms with van der Waals surface area (Å²) >= 11 is 1.48. The molecule has 0 aliphatic carbocycles. The standard InChI is InChI=1S/C21H23N7O2S2/c1-14-5-6-22-20(24-14)26-21-25-18(13-31-21)17-12-23-27-19(17)15-3-2-4-16(11-15)28-7-9-32(29,30)10-8-28/h2-6,11-13,29-30H,7-10H2,1H3,(H,23,27)(H,22,24,25,26). The lowest BCUT2D eigenvalue weighted by Crippen LogP contribution is -2.38. The lowest BCUT2D eigenvalue weighted by Gasteiger charge is -2.42. The molecule has 0 saturated carbocycles. The van der Waals surface area contributed by atoms with Crippen molar-refractivity contribution < 1.29 is 9.11 Å². The minimum Gasteiger partial charge on any atom is -0.368 e. The number of nitrogens with one attached hydrogen (secondary N) is 2. The lowest BCUT2D eigenvalue weighted by molar-refractivity contribution is 0.479. The van der Waals surface area contributed by atoms with Crippen molar-refractivity contribution in [3.63, 3.8) is 0 Å². The highest BCUT2D eigenvalue weighted by Crippen LogP contribution is 2.41. The van der Waals surface area contributed by atoms with Gasteiger partial charge in [0.1, 0.15) is 5.69 Å². The van der Waals surface area contributed by atoms with Gasteiger partial charge in [0, 0.05) is 53.4 Å². The van der Waals surface area contributed by atoms with E-state index in [2.05, 4.69) is 36.4 Å². The normalized spacial score (nSPS) is 16.7. The summed E-state index contributed by atoms with van der Waals surface area (Å²) < 4.78 is 19.8. The van der Waals surface area contributed by atoms with Gasteiger partial charge in [-0.2, -0.15) is 15.7 Å². The zero-order valence-corrected chi connectivity index (χ0v) is 19.0. The highest BCUT2D eigenvalue weighted by Gasteiger charge is 2.23. The fourth-order valence-electron chi connectivity index (χ4n) is 3.60. The highest BCUT2D eigenvalue weighted by atomic mass is 32.3. The number of aromatic amines is 1. The molecule has 1 aromatic carbocycles. The van der Waals surface area contributed by atoms with Crippen LogP contribution < -0.4 is 10.2 Å². The van der Waals surface area contributed by atoms with Gasteiger partial charge in [0.2, 0.25) is 5.95 Å². The summed E-state index contributed by atoms with van der Waals surface area (Å²) in [7, 11) is -2.42. The molecule has 5 rings (SSSR count). The molecule has 0 amide bonds. The summed E-state index contributed by atoms with van der Waals surface area (Å²) in [6.45, 7) is 3.17. The van der Waals surface area contributed by atoms with Gasteiger partial charge >= 0.3 is 0 Å². The first-order chi connectivity index (χ1) is 15.5. The Morgan fingerprint density at radius 2 is 2.00 bits per heavy atom. The maximum absolute atomic E-state index is 9.89. The largest absolute Gasteiger partial charge is 0.368 e. The van der Waals surface area contributed by atoms with E-state index in [1.807, 2.05) is 42.8 Å². The third-order valence-electron chi connectivity index (χ3n) is 5.30. The van der Waals surface area contributed by atoms with Crippen LogP contribution in [0.4, 0.5) is 16.8 Å². The van der Waals surface area contributed by atoms with Crippen LogP contribution in [-0.4, -0.2) is 58.9 Å². The van der Waals surface area contributed by atoms with E-state index in [1.54, 1.807) is 6.20 Å². The number of aryl methyl sites for hydroxylation is 1. The van der Waals surface area contributed by atoms with Crippen molar-refractivity contribution in [3.05, 3.63) is 53.8 Å². The van der Waals surface area contributed by atoms with Gasteiger partial charge in [0.25, 0.3) is 0 Å². The third-order valence-corrected chi connectivity index (χ3v) is 7.73. The van der Waals surface area contributed by atoms with Crippen LogP contribution in [0.3, 0.4) is 0 Å². The predicted molar refractivity (Wildman–Crippen MR) is 130 cm³/mol. The molecular formula is C21H23N7O2S2. The Kier molecular flexibility index (Phi) is 5.55. The lowest BCUT2D eigenvalue weighted by atomic mass is 10.1. The van der Waals surface area contributed by atoms with E-state index >= 15 is 0 Å². The monoisotopic (exact) mass is 469 g/mol. The molecule has 4 aromatic rings. The van der Waals surface area contributed by atoms with Gasteiger partial charge in [-0.1, -0.05) is 12.1 Å². The Labute approximate surface area is 190 Å². The van der Waals surface area contributed by atoms with E-state index < -0.39 is 10.6 Å². The maximum Gasteiger partial charge on any atom is 0.229 e. The molecule has 166 valence electrons. The first-order valence-electron chi connectivity index (χ1n) is 10.1. The number of H-pyrrole nitrogens is 1. The fourth-order valence-corrected chi connectivity index (χ4v) is 5.53. The second-order valence-corrected chi connectivity index (χ2v) is 10.9. The number of thiazole rings is 1. The van der Waals surface area contributed by atoms with E-state index in [1.165, 1.54) is 11.3 Å². The topological polar surface area (TPSA) is 123 Å². The van der Waals surface area contributed by atoms with Crippen molar-refractivity contribution in [1.82, 2.24) is 25.1 Å². The van der Waals surface area contributed by atoms with Gasteiger partial charge in [-0.3, -0.25) is 14.2 Å². The summed E-state index contributed by atoms with van der Waals surface area (Å²) in [6, 6.07) is 9.99. The van der Waals surface area contributed by atoms with Crippen molar-refractivity contribution in [3.8, 4) is 22.5 Å². The van der Waals surface area contributed by atoms with Crippen molar-refractivity contribution in [2.45, 2.75) is 6.92 Å². The van der Waals surface area contributed by atoms with E-state index in [9.17, 15) is 9.11 Å². The molecule has 4 N–H and O–H groups in total. The molecule has 11 heteroatoms. The molecule has 3 aromatic heterocycles. The van der Waals surface area contributed by atoms with Gasteiger partial charge in [0.05, 0.1) is 17.2 Å². The molecule has 1 fully saturated rings. The van der Waals surface area contributed by atoms with Crippen molar-refractivity contribution in [2.75, 3.05) is 34.8 Å². The minimum atomic E-state index is -2.42. The Hall–Kier alpha value is -2.99. The van der Waals surface area contributed by atoms with Crippen LogP contribution in [0.1, 0.15) is 5.69 Å². The van der Waals surface area contributed by atoms with Crippen molar-refractivity contribution in [2.24, 2.45) is 0 Å². The highest BCUT2D eigenvalue weighted by molar-refractivity contribution is 8.24. The molecule has 1 aliphatic heterocycles. The Bertz CT molecular complexity index is 1230. The maximum atomic E-state index is 9.89. The molecule has 0 bridgehead atoms. The Balaban J connectivity index is 1.38. The smallest absolute Gasteiger partial charge is 0.229 e. The summed E-state index contributed by atoms with van der Waals surface area (Å²) in [5.41, 5.74) is 5.44. The van der Waals surface area contributed by atoms with Crippen LogP contribution in [0.15, 0.2) is 48.1 Å². The zero-order chi connectivity index (χ0) is 22.1. The fraction of sp³-hybridized carbons (Fsp3) is 0.238. The van der Waals surface area contributed by atoms with E-state index in [4.69, 9.17) is 4.98 Å². The molecule has 4 heterocycles. The van der Waals surface area contributed by atoms with Crippen LogP contribution in [0.2, 0.25) is 0 Å². The first-order valence-corrected chi connectivity index (χ1v) is 12.9. The Morgan fingerprint density at radius 3 is 2.81 bits per heavy atom. The summed E-state index contributed by atoms with van der Waals surface area (Å²) in [4.78, 5) is 15.5. The predicted octanol–water partition coefficient (Wildman–Crippen LogP) is 4.61. The number of anilines is 3.